The number of aromatic nitrogens is 1. The topological polar surface area (TPSA) is 92.3 Å². The molecule has 200 valence electrons. The predicted molar refractivity (Wildman–Crippen MR) is 159 cm³/mol. The number of amides is 1. The number of para-hydroxylation sites is 1. The summed E-state index contributed by atoms with van der Waals surface area (Å²) in [5, 5.41) is 17.1. The summed E-state index contributed by atoms with van der Waals surface area (Å²) in [4.78, 5) is 17.2. The first-order valence-electron chi connectivity index (χ1n) is 12.9. The fourth-order valence-corrected chi connectivity index (χ4v) is 5.78. The fraction of sp³-hybridized carbons (Fsp3) is 0.267. The summed E-state index contributed by atoms with van der Waals surface area (Å²) in [7, 11) is 1.64. The van der Waals surface area contributed by atoms with E-state index < -0.39 is 5.91 Å². The lowest BCUT2D eigenvalue weighted by Crippen LogP contribution is -2.35. The Morgan fingerprint density at radius 3 is 2.77 bits per heavy atom. The summed E-state index contributed by atoms with van der Waals surface area (Å²) in [6.45, 7) is 8.91. The van der Waals surface area contributed by atoms with Gasteiger partial charge in [0.05, 0.1) is 19.2 Å². The third-order valence-corrected chi connectivity index (χ3v) is 7.68. The van der Waals surface area contributed by atoms with Crippen molar-refractivity contribution >= 4 is 50.7 Å². The van der Waals surface area contributed by atoms with Gasteiger partial charge in [-0.2, -0.15) is 15.1 Å². The quantitative estimate of drug-likeness (QED) is 0.244. The van der Waals surface area contributed by atoms with Crippen LogP contribution < -0.4 is 9.47 Å². The van der Waals surface area contributed by atoms with E-state index in [1.54, 1.807) is 13.2 Å². The third kappa shape index (κ3) is 5.14. The molecule has 0 radical (unpaired) electrons. The molecule has 0 saturated heterocycles. The molecule has 0 saturated carbocycles. The van der Waals surface area contributed by atoms with Crippen molar-refractivity contribution in [3.05, 3.63) is 77.5 Å². The molecule has 0 atom stereocenters. The lowest BCUT2D eigenvalue weighted by Gasteiger charge is -2.20. The van der Waals surface area contributed by atoms with Gasteiger partial charge in [0.2, 0.25) is 5.17 Å². The Morgan fingerprint density at radius 1 is 1.18 bits per heavy atom. The minimum atomic E-state index is -0.418. The Kier molecular flexibility index (Phi) is 7.70. The average molecular weight is 542 g/mol. The molecule has 0 fully saturated rings. The molecule has 1 aromatic heterocycles. The Bertz CT molecular complexity index is 1570. The number of hydrogen-bond acceptors (Lipinski definition) is 6. The van der Waals surface area contributed by atoms with Crippen LogP contribution in [0.2, 0.25) is 0 Å². The molecular weight excluding hydrogens is 510 g/mol. The molecular formula is C30H31N5O3S. The maximum Gasteiger partial charge on any atom is 0.283 e. The molecule has 5 rings (SSSR count). The molecule has 2 aromatic carbocycles. The Balaban J connectivity index is 1.43. The molecule has 39 heavy (non-hydrogen) atoms. The molecule has 0 spiro atoms. The zero-order valence-electron chi connectivity index (χ0n) is 22.4. The second kappa shape index (κ2) is 11.3. The highest BCUT2D eigenvalue weighted by atomic mass is 32.2. The number of nitrogens with one attached hydrogen (secondary N) is 1. The number of hydrogen-bond donors (Lipinski definition) is 1. The highest BCUT2D eigenvalue weighted by molar-refractivity contribution is 8.26. The van der Waals surface area contributed by atoms with Crippen molar-refractivity contribution < 1.29 is 14.3 Å². The van der Waals surface area contributed by atoms with E-state index in [2.05, 4.69) is 34.2 Å². The summed E-state index contributed by atoms with van der Waals surface area (Å²) >= 11 is 1.36. The van der Waals surface area contributed by atoms with Gasteiger partial charge >= 0.3 is 0 Å². The van der Waals surface area contributed by atoms with Gasteiger partial charge < -0.3 is 14.0 Å². The van der Waals surface area contributed by atoms with E-state index in [-0.39, 0.29) is 11.4 Å². The number of benzene rings is 2. The van der Waals surface area contributed by atoms with Crippen molar-refractivity contribution in [2.24, 2.45) is 10.1 Å². The number of carbonyl (C=O) groups is 1. The van der Waals surface area contributed by atoms with Crippen LogP contribution in [-0.2, 0) is 17.8 Å². The molecule has 1 N–H and O–H groups in total. The largest absolute Gasteiger partial charge is 0.493 e. The second-order valence-electron chi connectivity index (χ2n) is 9.26. The number of aliphatic imine (C=N–C) groups is 1. The molecule has 9 heteroatoms. The van der Waals surface area contributed by atoms with Crippen molar-refractivity contribution in [2.45, 2.75) is 39.7 Å². The zero-order chi connectivity index (χ0) is 27.5. The predicted octanol–water partition coefficient (Wildman–Crippen LogP) is 6.19. The van der Waals surface area contributed by atoms with Crippen LogP contribution in [0.3, 0.4) is 0 Å². The first kappa shape index (κ1) is 26.5. The number of hydrazone groups is 1. The van der Waals surface area contributed by atoms with Crippen molar-refractivity contribution in [1.82, 2.24) is 9.58 Å². The molecule has 3 aromatic rings. The van der Waals surface area contributed by atoms with Crippen molar-refractivity contribution in [1.29, 1.82) is 5.41 Å². The molecule has 2 aliphatic heterocycles. The van der Waals surface area contributed by atoms with Gasteiger partial charge in [-0.25, -0.2) is 0 Å². The van der Waals surface area contributed by atoms with E-state index in [0.717, 1.165) is 52.0 Å². The number of fused-ring (bicyclic) bond motifs is 2. The zero-order valence-corrected chi connectivity index (χ0v) is 23.2. The lowest BCUT2D eigenvalue weighted by atomic mass is 10.1. The molecule has 3 heterocycles. The number of methoxy groups -OCH3 is 1. The molecule has 0 aliphatic carbocycles. The van der Waals surface area contributed by atoms with E-state index >= 15 is 0 Å². The van der Waals surface area contributed by atoms with Gasteiger partial charge in [-0.1, -0.05) is 37.3 Å². The first-order valence-corrected chi connectivity index (χ1v) is 13.7. The standard InChI is InChI=1S/C30H31N5O3S/c1-5-9-20-13-14-25(26(17-20)37-4)38-16-15-34-19(3)22(21-11-7-8-12-24(21)34)18-23-28(31)35-30(32-29(23)36)39-27(33-35)10-6-2/h5,7-8,11-14,17-18,31H,1,6,9-10,15-16H2,2-4H3/b23-18+,31-28?. The van der Waals surface area contributed by atoms with E-state index in [1.165, 1.54) is 16.8 Å². The lowest BCUT2D eigenvalue weighted by molar-refractivity contribution is -0.114. The smallest absolute Gasteiger partial charge is 0.283 e. The van der Waals surface area contributed by atoms with E-state index in [4.69, 9.17) is 14.9 Å². The second-order valence-corrected chi connectivity index (χ2v) is 10.3. The van der Waals surface area contributed by atoms with Crippen LogP contribution in [0.1, 0.15) is 36.6 Å². The molecule has 8 nitrogen and oxygen atoms in total. The van der Waals surface area contributed by atoms with Gasteiger partial charge in [0.25, 0.3) is 5.91 Å². The van der Waals surface area contributed by atoms with Crippen LogP contribution in [0.25, 0.3) is 17.0 Å². The van der Waals surface area contributed by atoms with Gasteiger partial charge in [-0.15, -0.1) is 6.58 Å². The molecule has 0 unspecified atom stereocenters. The average Bonchev–Trinajstić information content (AvgIpc) is 3.45. The van der Waals surface area contributed by atoms with Crippen molar-refractivity contribution in [3.63, 3.8) is 0 Å². The molecule has 1 amide bonds. The highest BCUT2D eigenvalue weighted by Gasteiger charge is 2.35. The minimum Gasteiger partial charge on any atom is -0.493 e. The van der Waals surface area contributed by atoms with Crippen LogP contribution in [0, 0.1) is 12.3 Å². The maximum atomic E-state index is 13.0. The highest BCUT2D eigenvalue weighted by Crippen LogP contribution is 2.33. The number of carbonyl (C=O) groups excluding carboxylic acids is 1. The number of nitrogens with zero attached hydrogens (tertiary/aromatic N) is 4. The van der Waals surface area contributed by atoms with Crippen LogP contribution in [0.4, 0.5) is 0 Å². The Hall–Kier alpha value is -4.11. The number of amidine groups is 2. The number of allylic oxidation sites excluding steroid dienone is 1. The van der Waals surface area contributed by atoms with Gasteiger partial charge in [0, 0.05) is 22.2 Å². The van der Waals surface area contributed by atoms with Gasteiger partial charge in [-0.05, 0) is 67.8 Å². The summed E-state index contributed by atoms with van der Waals surface area (Å²) < 4.78 is 13.8. The van der Waals surface area contributed by atoms with Crippen LogP contribution in [0.5, 0.6) is 11.5 Å². The number of rotatable bonds is 10. The monoisotopic (exact) mass is 541 g/mol. The van der Waals surface area contributed by atoms with Crippen LogP contribution in [-0.4, -0.2) is 45.2 Å². The van der Waals surface area contributed by atoms with E-state index in [0.29, 0.717) is 29.8 Å². The van der Waals surface area contributed by atoms with Gasteiger partial charge in [0.1, 0.15) is 11.7 Å². The van der Waals surface area contributed by atoms with Gasteiger partial charge in [0.15, 0.2) is 17.3 Å². The fourth-order valence-electron chi connectivity index (χ4n) is 4.79. The maximum absolute atomic E-state index is 13.0. The third-order valence-electron chi connectivity index (χ3n) is 6.71. The molecule has 2 aliphatic rings. The van der Waals surface area contributed by atoms with Crippen LogP contribution in [0.15, 0.2) is 70.8 Å². The SMILES string of the molecule is C=CCc1ccc(OCCn2c(C)c(/C=C3\C(=N)N4N=C(CCC)SC4=NC3=O)c3ccccc32)c(OC)c1. The normalized spacial score (nSPS) is 16.0. The Morgan fingerprint density at radius 2 is 2.00 bits per heavy atom. The van der Waals surface area contributed by atoms with Crippen LogP contribution >= 0.6 is 11.8 Å². The summed E-state index contributed by atoms with van der Waals surface area (Å²) in [6, 6.07) is 14.0. The first-order chi connectivity index (χ1) is 18.9. The van der Waals surface area contributed by atoms with E-state index in [1.807, 2.05) is 49.4 Å². The van der Waals surface area contributed by atoms with Gasteiger partial charge in [-0.3, -0.25) is 10.2 Å². The Labute approximate surface area is 232 Å². The number of thioether (sulfide) groups is 1. The molecule has 0 bridgehead atoms. The minimum absolute atomic E-state index is 0.0511. The number of ether oxygens (including phenoxy) is 2. The van der Waals surface area contributed by atoms with Crippen molar-refractivity contribution in [3.8, 4) is 11.5 Å². The van der Waals surface area contributed by atoms with Crippen molar-refractivity contribution in [2.75, 3.05) is 13.7 Å². The van der Waals surface area contributed by atoms with E-state index in [9.17, 15) is 4.79 Å². The summed E-state index contributed by atoms with van der Waals surface area (Å²) in [5.74, 6) is 1.00. The summed E-state index contributed by atoms with van der Waals surface area (Å²) in [5.41, 5.74) is 4.22. The summed E-state index contributed by atoms with van der Waals surface area (Å²) in [6.07, 6.45) is 6.13.